The second-order valence-electron chi connectivity index (χ2n) is 4.66. The normalized spacial score (nSPS) is 10.2. The SMILES string of the molecule is Cc1cc(F)c(Br)c([N+](=O)[O-])c1NC(=O)OCc1ccccc1. The van der Waals surface area contributed by atoms with Crippen molar-refractivity contribution in [2.24, 2.45) is 0 Å². The Balaban J connectivity index is 2.18. The van der Waals surface area contributed by atoms with Crippen LogP contribution in [0.1, 0.15) is 11.1 Å². The van der Waals surface area contributed by atoms with E-state index in [4.69, 9.17) is 4.74 Å². The first-order valence-corrected chi connectivity index (χ1v) is 7.30. The maximum atomic E-state index is 13.6. The highest BCUT2D eigenvalue weighted by atomic mass is 79.9. The number of aryl methyl sites for hydroxylation is 1. The van der Waals surface area contributed by atoms with E-state index in [1.54, 1.807) is 24.3 Å². The Bertz CT molecular complexity index is 753. The first kappa shape index (κ1) is 16.9. The van der Waals surface area contributed by atoms with Crippen molar-refractivity contribution in [3.63, 3.8) is 0 Å². The van der Waals surface area contributed by atoms with Crippen LogP contribution in [0, 0.1) is 22.9 Å². The van der Waals surface area contributed by atoms with Gasteiger partial charge in [0.2, 0.25) is 0 Å². The molecule has 0 aliphatic heterocycles. The molecular weight excluding hydrogens is 371 g/mol. The van der Waals surface area contributed by atoms with E-state index in [-0.39, 0.29) is 22.3 Å². The number of halogens is 2. The van der Waals surface area contributed by atoms with Crippen molar-refractivity contribution in [3.8, 4) is 0 Å². The zero-order valence-corrected chi connectivity index (χ0v) is 13.6. The lowest BCUT2D eigenvalue weighted by Gasteiger charge is -2.11. The number of anilines is 1. The van der Waals surface area contributed by atoms with Gasteiger partial charge >= 0.3 is 11.8 Å². The lowest BCUT2D eigenvalue weighted by molar-refractivity contribution is -0.385. The predicted octanol–water partition coefficient (Wildman–Crippen LogP) is 4.55. The predicted molar refractivity (Wildman–Crippen MR) is 85.7 cm³/mol. The molecule has 0 fully saturated rings. The molecule has 0 aliphatic rings. The molecule has 120 valence electrons. The van der Waals surface area contributed by atoms with Gasteiger partial charge in [-0.05, 0) is 40.0 Å². The van der Waals surface area contributed by atoms with E-state index in [1.807, 2.05) is 6.07 Å². The smallest absolute Gasteiger partial charge is 0.412 e. The molecule has 0 radical (unpaired) electrons. The van der Waals surface area contributed by atoms with Crippen LogP contribution in [-0.4, -0.2) is 11.0 Å². The summed E-state index contributed by atoms with van der Waals surface area (Å²) in [5.41, 5.74) is 0.323. The Morgan fingerprint density at radius 2 is 2.04 bits per heavy atom. The van der Waals surface area contributed by atoms with E-state index in [2.05, 4.69) is 21.2 Å². The van der Waals surface area contributed by atoms with E-state index in [0.29, 0.717) is 0 Å². The van der Waals surface area contributed by atoms with Crippen molar-refractivity contribution in [1.82, 2.24) is 0 Å². The molecular formula is C15H12BrFN2O4. The number of nitro groups is 1. The van der Waals surface area contributed by atoms with E-state index in [1.165, 1.54) is 6.92 Å². The van der Waals surface area contributed by atoms with Gasteiger partial charge in [0.1, 0.15) is 22.6 Å². The molecule has 1 amide bonds. The summed E-state index contributed by atoms with van der Waals surface area (Å²) in [4.78, 5) is 22.2. The molecule has 0 bridgehead atoms. The van der Waals surface area contributed by atoms with Crippen LogP contribution in [0.5, 0.6) is 0 Å². The van der Waals surface area contributed by atoms with Gasteiger partial charge in [-0.15, -0.1) is 0 Å². The van der Waals surface area contributed by atoms with Gasteiger partial charge in [0.15, 0.2) is 0 Å². The quantitative estimate of drug-likeness (QED) is 0.620. The zero-order chi connectivity index (χ0) is 17.0. The third-order valence-electron chi connectivity index (χ3n) is 3.01. The average Bonchev–Trinajstić information content (AvgIpc) is 2.51. The highest BCUT2D eigenvalue weighted by Gasteiger charge is 2.26. The van der Waals surface area contributed by atoms with Gasteiger partial charge in [0.05, 0.1) is 4.92 Å². The molecule has 23 heavy (non-hydrogen) atoms. The van der Waals surface area contributed by atoms with Gasteiger partial charge in [-0.25, -0.2) is 9.18 Å². The second kappa shape index (κ2) is 7.19. The minimum Gasteiger partial charge on any atom is -0.444 e. The van der Waals surface area contributed by atoms with Gasteiger partial charge in [0, 0.05) is 0 Å². The molecule has 2 rings (SSSR count). The highest BCUT2D eigenvalue weighted by Crippen LogP contribution is 2.37. The van der Waals surface area contributed by atoms with Crippen molar-refractivity contribution in [3.05, 3.63) is 67.9 Å². The second-order valence-corrected chi connectivity index (χ2v) is 5.45. The van der Waals surface area contributed by atoms with Crippen molar-refractivity contribution < 1.29 is 18.8 Å². The van der Waals surface area contributed by atoms with Crippen molar-refractivity contribution in [2.45, 2.75) is 13.5 Å². The Labute approximate surface area is 139 Å². The van der Waals surface area contributed by atoms with Gasteiger partial charge in [0.25, 0.3) is 0 Å². The van der Waals surface area contributed by atoms with E-state index in [0.717, 1.165) is 11.6 Å². The molecule has 2 aromatic rings. The minimum absolute atomic E-state index is 0.0158. The van der Waals surface area contributed by atoms with Crippen LogP contribution in [0.25, 0.3) is 0 Å². The van der Waals surface area contributed by atoms with Crippen LogP contribution in [0.4, 0.5) is 20.6 Å². The minimum atomic E-state index is -0.862. The maximum absolute atomic E-state index is 13.6. The molecule has 6 nitrogen and oxygen atoms in total. The maximum Gasteiger partial charge on any atom is 0.412 e. The largest absolute Gasteiger partial charge is 0.444 e. The number of nitrogens with one attached hydrogen (secondary N) is 1. The molecule has 0 heterocycles. The van der Waals surface area contributed by atoms with Crippen LogP contribution in [0.2, 0.25) is 0 Å². The fourth-order valence-electron chi connectivity index (χ4n) is 1.93. The van der Waals surface area contributed by atoms with Crippen molar-refractivity contribution >= 4 is 33.4 Å². The fourth-order valence-corrected chi connectivity index (χ4v) is 2.38. The summed E-state index contributed by atoms with van der Waals surface area (Å²) >= 11 is 2.82. The molecule has 0 saturated heterocycles. The molecule has 8 heteroatoms. The molecule has 2 aromatic carbocycles. The molecule has 0 atom stereocenters. The summed E-state index contributed by atoms with van der Waals surface area (Å²) in [6.45, 7) is 1.47. The number of ether oxygens (including phenoxy) is 1. The molecule has 1 N–H and O–H groups in total. The molecule has 0 unspecified atom stereocenters. The van der Waals surface area contributed by atoms with E-state index in [9.17, 15) is 19.3 Å². The van der Waals surface area contributed by atoms with Gasteiger partial charge in [-0.1, -0.05) is 30.3 Å². The van der Waals surface area contributed by atoms with Gasteiger partial charge in [-0.2, -0.15) is 0 Å². The number of carbonyl (C=O) groups excluding carboxylic acids is 1. The monoisotopic (exact) mass is 382 g/mol. The first-order chi connectivity index (χ1) is 10.9. The summed E-state index contributed by atoms with van der Waals surface area (Å²) in [7, 11) is 0. The Kier molecular flexibility index (Phi) is 5.28. The van der Waals surface area contributed by atoms with Gasteiger partial charge in [-0.3, -0.25) is 15.4 Å². The Hall–Kier alpha value is -2.48. The topological polar surface area (TPSA) is 81.5 Å². The summed E-state index contributed by atoms with van der Waals surface area (Å²) < 4.78 is 18.3. The lowest BCUT2D eigenvalue weighted by atomic mass is 10.1. The standard InChI is InChI=1S/C15H12BrFN2O4/c1-9-7-11(17)12(16)14(19(21)22)13(9)18-15(20)23-8-10-5-3-2-4-6-10/h2-7H,8H2,1H3,(H,18,20). The average molecular weight is 383 g/mol. The summed E-state index contributed by atoms with van der Waals surface area (Å²) in [6.07, 6.45) is -0.862. The van der Waals surface area contributed by atoms with Crippen LogP contribution in [0.15, 0.2) is 40.9 Å². The first-order valence-electron chi connectivity index (χ1n) is 6.51. The number of rotatable bonds is 4. The summed E-state index contributed by atoms with van der Waals surface area (Å²) in [6, 6.07) is 10.0. The fraction of sp³-hybridized carbons (Fsp3) is 0.133. The number of benzene rings is 2. The molecule has 0 aromatic heterocycles. The number of hydrogen-bond acceptors (Lipinski definition) is 4. The molecule has 0 spiro atoms. The van der Waals surface area contributed by atoms with E-state index < -0.39 is 22.5 Å². The van der Waals surface area contributed by atoms with Crippen LogP contribution >= 0.6 is 15.9 Å². The zero-order valence-electron chi connectivity index (χ0n) is 12.0. The third kappa shape index (κ3) is 4.04. The number of carbonyl (C=O) groups is 1. The van der Waals surface area contributed by atoms with E-state index >= 15 is 0 Å². The lowest BCUT2D eigenvalue weighted by Crippen LogP contribution is -2.16. The molecule has 0 aliphatic carbocycles. The highest BCUT2D eigenvalue weighted by molar-refractivity contribution is 9.10. The summed E-state index contributed by atoms with van der Waals surface area (Å²) in [5, 5.41) is 13.4. The van der Waals surface area contributed by atoms with Crippen molar-refractivity contribution in [1.29, 1.82) is 0 Å². The number of nitro benzene ring substituents is 1. The Morgan fingerprint density at radius 3 is 2.65 bits per heavy atom. The van der Waals surface area contributed by atoms with Crippen LogP contribution in [0.3, 0.4) is 0 Å². The van der Waals surface area contributed by atoms with Crippen LogP contribution < -0.4 is 5.32 Å². The summed E-state index contributed by atoms with van der Waals surface area (Å²) in [5.74, 6) is -0.780. The third-order valence-corrected chi connectivity index (χ3v) is 3.77. The number of hydrogen-bond donors (Lipinski definition) is 1. The molecule has 0 saturated carbocycles. The number of amides is 1. The van der Waals surface area contributed by atoms with Crippen molar-refractivity contribution in [2.75, 3.05) is 5.32 Å². The Morgan fingerprint density at radius 1 is 1.39 bits per heavy atom. The van der Waals surface area contributed by atoms with Crippen LogP contribution in [-0.2, 0) is 11.3 Å². The number of nitrogens with zero attached hydrogens (tertiary/aromatic N) is 1. The van der Waals surface area contributed by atoms with Gasteiger partial charge < -0.3 is 4.74 Å².